The second-order valence-electron chi connectivity index (χ2n) is 6.00. The molecule has 1 heterocycles. The Hall–Kier alpha value is -1.82. The number of para-hydroxylation sites is 1. The second-order valence-corrected chi connectivity index (χ2v) is 7.31. The van der Waals surface area contributed by atoms with Crippen molar-refractivity contribution in [3.8, 4) is 5.69 Å². The van der Waals surface area contributed by atoms with Crippen molar-refractivity contribution in [2.75, 3.05) is 0 Å². The van der Waals surface area contributed by atoms with Gasteiger partial charge in [0.2, 0.25) is 11.1 Å². The first-order valence-electron chi connectivity index (χ1n) is 8.13. The van der Waals surface area contributed by atoms with Crippen molar-refractivity contribution in [3.05, 3.63) is 36.2 Å². The van der Waals surface area contributed by atoms with Crippen molar-refractivity contribution in [3.63, 3.8) is 0 Å². The van der Waals surface area contributed by atoms with E-state index in [1.165, 1.54) is 31.0 Å². The molecule has 2 aromatic rings. The minimum absolute atomic E-state index is 0.333. The number of nitrogens with zero attached hydrogens (tertiary/aromatic N) is 3. The van der Waals surface area contributed by atoms with Gasteiger partial charge >= 0.3 is 0 Å². The molecule has 0 spiro atoms. The summed E-state index contributed by atoms with van der Waals surface area (Å²) >= 11 is 1.33. The standard InChI is InChI=1S/C17H22N4OS/c1-12(15(18)22)23-17-19-16(13-8-4-2-5-9-13)21(20-17)14-10-6-3-7-11-14/h3,6-7,10-13H,2,4-5,8-9H2,1H3,(H2,18,22). The number of aromatic nitrogens is 3. The first-order valence-corrected chi connectivity index (χ1v) is 9.01. The fraction of sp³-hybridized carbons (Fsp3) is 0.471. The van der Waals surface area contributed by atoms with Crippen molar-refractivity contribution >= 4 is 17.7 Å². The first-order chi connectivity index (χ1) is 11.1. The van der Waals surface area contributed by atoms with E-state index in [4.69, 9.17) is 10.7 Å². The van der Waals surface area contributed by atoms with E-state index in [-0.39, 0.29) is 11.2 Å². The molecule has 0 bridgehead atoms. The molecular weight excluding hydrogens is 308 g/mol. The molecule has 1 amide bonds. The van der Waals surface area contributed by atoms with Crippen molar-refractivity contribution in [1.29, 1.82) is 0 Å². The van der Waals surface area contributed by atoms with Gasteiger partial charge in [-0.1, -0.05) is 49.2 Å². The Morgan fingerprint density at radius 1 is 1.26 bits per heavy atom. The van der Waals surface area contributed by atoms with E-state index in [1.807, 2.05) is 35.0 Å². The minimum atomic E-state index is -0.342. The van der Waals surface area contributed by atoms with Gasteiger partial charge in [-0.05, 0) is 31.9 Å². The predicted molar refractivity (Wildman–Crippen MR) is 91.7 cm³/mol. The Bertz CT molecular complexity index is 664. The Labute approximate surface area is 140 Å². The zero-order valence-electron chi connectivity index (χ0n) is 13.3. The quantitative estimate of drug-likeness (QED) is 0.854. The number of carbonyl (C=O) groups is 1. The van der Waals surface area contributed by atoms with Gasteiger partial charge in [-0.25, -0.2) is 9.67 Å². The number of hydrogen-bond acceptors (Lipinski definition) is 4. The first kappa shape index (κ1) is 16.1. The summed E-state index contributed by atoms with van der Waals surface area (Å²) in [6, 6.07) is 10.1. The van der Waals surface area contributed by atoms with Gasteiger partial charge in [0.15, 0.2) is 0 Å². The Morgan fingerprint density at radius 3 is 2.61 bits per heavy atom. The summed E-state index contributed by atoms with van der Waals surface area (Å²) in [4.78, 5) is 16.0. The molecule has 1 unspecified atom stereocenters. The number of rotatable bonds is 5. The summed E-state index contributed by atoms with van der Waals surface area (Å²) < 4.78 is 1.94. The summed E-state index contributed by atoms with van der Waals surface area (Å²) in [5, 5.41) is 4.93. The van der Waals surface area contributed by atoms with Crippen LogP contribution in [-0.4, -0.2) is 25.9 Å². The summed E-state index contributed by atoms with van der Waals surface area (Å²) in [7, 11) is 0. The third kappa shape index (κ3) is 3.75. The van der Waals surface area contributed by atoms with Crippen LogP contribution in [0.15, 0.2) is 35.5 Å². The number of hydrogen-bond donors (Lipinski definition) is 1. The normalized spacial score (nSPS) is 17.1. The SMILES string of the molecule is CC(Sc1nc(C2CCCCC2)n(-c2ccccc2)n1)C(N)=O. The zero-order chi connectivity index (χ0) is 16.2. The molecular formula is C17H22N4OS. The fourth-order valence-electron chi connectivity index (χ4n) is 2.95. The lowest BCUT2D eigenvalue weighted by atomic mass is 9.88. The number of carbonyl (C=O) groups excluding carboxylic acids is 1. The van der Waals surface area contributed by atoms with Crippen LogP contribution in [0.1, 0.15) is 50.8 Å². The highest BCUT2D eigenvalue weighted by atomic mass is 32.2. The Kier molecular flexibility index (Phi) is 5.00. The van der Waals surface area contributed by atoms with Crippen molar-refractivity contribution in [2.45, 2.75) is 55.4 Å². The van der Waals surface area contributed by atoms with E-state index in [0.717, 1.165) is 24.4 Å². The summed E-state index contributed by atoms with van der Waals surface area (Å²) in [5.41, 5.74) is 6.37. The highest BCUT2D eigenvalue weighted by Crippen LogP contribution is 2.34. The third-order valence-electron chi connectivity index (χ3n) is 4.27. The van der Waals surface area contributed by atoms with Gasteiger partial charge < -0.3 is 5.73 Å². The van der Waals surface area contributed by atoms with E-state index in [9.17, 15) is 4.79 Å². The number of thioether (sulfide) groups is 1. The lowest BCUT2D eigenvalue weighted by Crippen LogP contribution is -2.22. The molecule has 0 saturated heterocycles. The minimum Gasteiger partial charge on any atom is -0.369 e. The lowest BCUT2D eigenvalue weighted by Gasteiger charge is -2.21. The van der Waals surface area contributed by atoms with Crippen LogP contribution in [0.3, 0.4) is 0 Å². The average Bonchev–Trinajstić information content (AvgIpc) is 3.00. The van der Waals surface area contributed by atoms with Crippen molar-refractivity contribution in [1.82, 2.24) is 14.8 Å². The topological polar surface area (TPSA) is 73.8 Å². The third-order valence-corrected chi connectivity index (χ3v) is 5.24. The molecule has 1 aliphatic carbocycles. The van der Waals surface area contributed by atoms with Crippen LogP contribution in [0.2, 0.25) is 0 Å². The maximum atomic E-state index is 11.3. The van der Waals surface area contributed by atoms with Gasteiger partial charge in [-0.15, -0.1) is 5.10 Å². The van der Waals surface area contributed by atoms with Crippen LogP contribution in [0.25, 0.3) is 5.69 Å². The molecule has 5 nitrogen and oxygen atoms in total. The predicted octanol–water partition coefficient (Wildman–Crippen LogP) is 3.28. The van der Waals surface area contributed by atoms with Crippen LogP contribution < -0.4 is 5.73 Å². The summed E-state index contributed by atoms with van der Waals surface area (Å²) in [5.74, 6) is 1.11. The summed E-state index contributed by atoms with van der Waals surface area (Å²) in [6.45, 7) is 1.79. The summed E-state index contributed by atoms with van der Waals surface area (Å²) in [6.07, 6.45) is 6.09. The van der Waals surface area contributed by atoms with Crippen LogP contribution in [-0.2, 0) is 4.79 Å². The highest BCUT2D eigenvalue weighted by Gasteiger charge is 2.24. The van der Waals surface area contributed by atoms with E-state index in [1.54, 1.807) is 6.92 Å². The van der Waals surface area contributed by atoms with Gasteiger partial charge in [0.25, 0.3) is 0 Å². The second kappa shape index (κ2) is 7.17. The van der Waals surface area contributed by atoms with Gasteiger partial charge in [0.1, 0.15) is 5.82 Å². The smallest absolute Gasteiger partial charge is 0.230 e. The lowest BCUT2D eigenvalue weighted by molar-refractivity contribution is -0.117. The average molecular weight is 330 g/mol. The Morgan fingerprint density at radius 2 is 1.96 bits per heavy atom. The number of primary amides is 1. The molecule has 6 heteroatoms. The van der Waals surface area contributed by atoms with Gasteiger partial charge in [0.05, 0.1) is 10.9 Å². The van der Waals surface area contributed by atoms with E-state index in [0.29, 0.717) is 11.1 Å². The van der Waals surface area contributed by atoms with Gasteiger partial charge in [0, 0.05) is 5.92 Å². The molecule has 1 aromatic carbocycles. The monoisotopic (exact) mass is 330 g/mol. The maximum absolute atomic E-state index is 11.3. The molecule has 2 N–H and O–H groups in total. The van der Waals surface area contributed by atoms with Gasteiger partial charge in [-0.3, -0.25) is 4.79 Å². The molecule has 1 saturated carbocycles. The molecule has 122 valence electrons. The molecule has 0 aliphatic heterocycles. The van der Waals surface area contributed by atoms with Crippen LogP contribution in [0.4, 0.5) is 0 Å². The van der Waals surface area contributed by atoms with Gasteiger partial charge in [-0.2, -0.15) is 0 Å². The molecule has 1 atom stereocenters. The number of nitrogens with two attached hydrogens (primary N) is 1. The van der Waals surface area contributed by atoms with E-state index < -0.39 is 0 Å². The molecule has 3 rings (SSSR count). The van der Waals surface area contributed by atoms with Crippen molar-refractivity contribution < 1.29 is 4.79 Å². The fourth-order valence-corrected chi connectivity index (χ4v) is 3.66. The van der Waals surface area contributed by atoms with Crippen LogP contribution >= 0.6 is 11.8 Å². The molecule has 1 aliphatic rings. The molecule has 0 radical (unpaired) electrons. The number of benzene rings is 1. The highest BCUT2D eigenvalue weighted by molar-refractivity contribution is 8.00. The van der Waals surface area contributed by atoms with E-state index in [2.05, 4.69) is 5.10 Å². The molecule has 1 aromatic heterocycles. The maximum Gasteiger partial charge on any atom is 0.230 e. The molecule has 1 fully saturated rings. The largest absolute Gasteiger partial charge is 0.369 e. The molecule has 23 heavy (non-hydrogen) atoms. The number of amides is 1. The van der Waals surface area contributed by atoms with Crippen LogP contribution in [0.5, 0.6) is 0 Å². The Balaban J connectivity index is 1.94. The van der Waals surface area contributed by atoms with E-state index >= 15 is 0 Å². The van der Waals surface area contributed by atoms with Crippen molar-refractivity contribution in [2.24, 2.45) is 5.73 Å². The van der Waals surface area contributed by atoms with Crippen LogP contribution in [0, 0.1) is 0 Å². The zero-order valence-corrected chi connectivity index (χ0v) is 14.1.